The van der Waals surface area contributed by atoms with Crippen LogP contribution >= 0.6 is 0 Å². The highest BCUT2D eigenvalue weighted by Gasteiger charge is 2.11. The van der Waals surface area contributed by atoms with Gasteiger partial charge in [-0.1, -0.05) is 17.7 Å². The van der Waals surface area contributed by atoms with Crippen LogP contribution in [0, 0.1) is 13.8 Å². The smallest absolute Gasteiger partial charge is 0.258 e. The van der Waals surface area contributed by atoms with Crippen LogP contribution in [0.4, 0.5) is 17.3 Å². The molecule has 2 aromatic carbocycles. The van der Waals surface area contributed by atoms with Crippen molar-refractivity contribution in [3.8, 4) is 11.5 Å². The monoisotopic (exact) mass is 378 g/mol. The van der Waals surface area contributed by atoms with Crippen LogP contribution in [0.25, 0.3) is 0 Å². The Morgan fingerprint density at radius 1 is 0.929 bits per heavy atom. The highest BCUT2D eigenvalue weighted by molar-refractivity contribution is 6.04. The van der Waals surface area contributed by atoms with E-state index in [-0.39, 0.29) is 5.91 Å². The first kappa shape index (κ1) is 19.2. The van der Waals surface area contributed by atoms with Gasteiger partial charge in [0.25, 0.3) is 5.91 Å². The molecule has 0 saturated heterocycles. The van der Waals surface area contributed by atoms with Crippen molar-refractivity contribution in [2.75, 3.05) is 24.9 Å². The predicted molar refractivity (Wildman–Crippen MR) is 109 cm³/mol. The van der Waals surface area contributed by atoms with E-state index in [1.54, 1.807) is 32.4 Å². The summed E-state index contributed by atoms with van der Waals surface area (Å²) >= 11 is 0. The topological polar surface area (TPSA) is 85.4 Å². The van der Waals surface area contributed by atoms with E-state index in [1.807, 2.05) is 26.0 Å². The number of rotatable bonds is 6. The summed E-state index contributed by atoms with van der Waals surface area (Å²) in [6, 6.07) is 11.2. The molecule has 144 valence electrons. The minimum Gasteiger partial charge on any atom is -0.493 e. The fraction of sp³-hybridized carbons (Fsp3) is 0.190. The number of carbonyl (C=O) groups is 1. The number of anilines is 3. The molecule has 0 aliphatic carbocycles. The van der Waals surface area contributed by atoms with Gasteiger partial charge in [0.05, 0.1) is 19.8 Å². The van der Waals surface area contributed by atoms with Gasteiger partial charge in [0.1, 0.15) is 0 Å². The molecule has 0 spiro atoms. The zero-order valence-electron chi connectivity index (χ0n) is 16.2. The average Bonchev–Trinajstić information content (AvgIpc) is 2.70. The summed E-state index contributed by atoms with van der Waals surface area (Å²) in [4.78, 5) is 20.9. The van der Waals surface area contributed by atoms with E-state index in [4.69, 9.17) is 9.47 Å². The van der Waals surface area contributed by atoms with E-state index in [0.29, 0.717) is 28.7 Å². The molecule has 3 rings (SSSR count). The maximum Gasteiger partial charge on any atom is 0.258 e. The fourth-order valence-corrected chi connectivity index (χ4v) is 2.70. The first-order valence-electron chi connectivity index (χ1n) is 8.70. The van der Waals surface area contributed by atoms with Gasteiger partial charge >= 0.3 is 0 Å². The number of carbonyl (C=O) groups excluding carboxylic acids is 1. The van der Waals surface area contributed by atoms with Gasteiger partial charge in [-0.15, -0.1) is 0 Å². The predicted octanol–water partition coefficient (Wildman–Crippen LogP) is 4.11. The third kappa shape index (κ3) is 4.37. The number of nitrogens with one attached hydrogen (secondary N) is 2. The van der Waals surface area contributed by atoms with Gasteiger partial charge in [-0.3, -0.25) is 4.79 Å². The third-order valence-electron chi connectivity index (χ3n) is 4.18. The zero-order valence-corrected chi connectivity index (χ0v) is 16.2. The third-order valence-corrected chi connectivity index (χ3v) is 4.18. The molecule has 28 heavy (non-hydrogen) atoms. The van der Waals surface area contributed by atoms with Gasteiger partial charge in [-0.05, 0) is 37.6 Å². The van der Waals surface area contributed by atoms with Crippen molar-refractivity contribution in [3.05, 3.63) is 65.5 Å². The first-order chi connectivity index (χ1) is 13.5. The Labute approximate surface area is 163 Å². The number of aryl methyl sites for hydroxylation is 2. The number of aromatic nitrogens is 2. The Hall–Kier alpha value is -3.61. The van der Waals surface area contributed by atoms with Crippen molar-refractivity contribution in [2.24, 2.45) is 0 Å². The number of benzene rings is 2. The van der Waals surface area contributed by atoms with E-state index in [1.165, 1.54) is 18.0 Å². The minimum absolute atomic E-state index is 0.315. The summed E-state index contributed by atoms with van der Waals surface area (Å²) in [5.74, 6) is 1.23. The molecule has 0 aliphatic rings. The van der Waals surface area contributed by atoms with Gasteiger partial charge in [0.15, 0.2) is 11.5 Å². The highest BCUT2D eigenvalue weighted by atomic mass is 16.5. The molecule has 1 aromatic heterocycles. The second-order valence-electron chi connectivity index (χ2n) is 6.26. The number of ether oxygens (including phenoxy) is 2. The SMILES string of the molecule is COc1ccc(NC(=O)c2cnc(Nc3ccc(C)cc3C)nc2)cc1OC. The molecule has 0 radical (unpaired) electrons. The van der Waals surface area contributed by atoms with E-state index in [9.17, 15) is 4.79 Å². The normalized spacial score (nSPS) is 10.3. The number of hydrogen-bond donors (Lipinski definition) is 2. The van der Waals surface area contributed by atoms with Crippen molar-refractivity contribution in [3.63, 3.8) is 0 Å². The molecule has 1 amide bonds. The lowest BCUT2D eigenvalue weighted by molar-refractivity contribution is 0.102. The fourth-order valence-electron chi connectivity index (χ4n) is 2.70. The summed E-state index contributed by atoms with van der Waals surface area (Å²) in [7, 11) is 3.10. The molecule has 0 saturated carbocycles. The summed E-state index contributed by atoms with van der Waals surface area (Å²) in [5, 5.41) is 5.95. The van der Waals surface area contributed by atoms with Gasteiger partial charge in [-0.2, -0.15) is 0 Å². The van der Waals surface area contributed by atoms with Crippen molar-refractivity contribution in [1.29, 1.82) is 0 Å². The van der Waals surface area contributed by atoms with E-state index in [0.717, 1.165) is 11.3 Å². The summed E-state index contributed by atoms with van der Waals surface area (Å²) < 4.78 is 10.4. The van der Waals surface area contributed by atoms with Gasteiger partial charge in [0.2, 0.25) is 5.95 Å². The van der Waals surface area contributed by atoms with E-state index in [2.05, 4.69) is 26.7 Å². The lowest BCUT2D eigenvalue weighted by Crippen LogP contribution is -2.13. The standard InChI is InChI=1S/C21H22N4O3/c1-13-5-7-17(14(2)9-13)25-21-22-11-15(12-23-21)20(26)24-16-6-8-18(27-3)19(10-16)28-4/h5-12H,1-4H3,(H,24,26)(H,22,23,25). The van der Waals surface area contributed by atoms with Crippen LogP contribution in [-0.4, -0.2) is 30.1 Å². The molecule has 2 N–H and O–H groups in total. The quantitative estimate of drug-likeness (QED) is 0.671. The van der Waals surface area contributed by atoms with Crippen LogP contribution in [0.15, 0.2) is 48.8 Å². The number of amides is 1. The van der Waals surface area contributed by atoms with E-state index >= 15 is 0 Å². The Morgan fingerprint density at radius 2 is 1.64 bits per heavy atom. The second kappa shape index (κ2) is 8.39. The number of hydrogen-bond acceptors (Lipinski definition) is 6. The molecule has 0 atom stereocenters. The van der Waals surface area contributed by atoms with Crippen molar-refractivity contribution in [2.45, 2.75) is 13.8 Å². The van der Waals surface area contributed by atoms with Gasteiger partial charge < -0.3 is 20.1 Å². The van der Waals surface area contributed by atoms with Gasteiger partial charge in [0, 0.05) is 29.8 Å². The van der Waals surface area contributed by atoms with Gasteiger partial charge in [-0.25, -0.2) is 9.97 Å². The molecule has 7 heteroatoms. The second-order valence-corrected chi connectivity index (χ2v) is 6.26. The van der Waals surface area contributed by atoms with Crippen molar-refractivity contribution < 1.29 is 14.3 Å². The van der Waals surface area contributed by atoms with Crippen LogP contribution in [0.5, 0.6) is 11.5 Å². The highest BCUT2D eigenvalue weighted by Crippen LogP contribution is 2.29. The summed E-state index contributed by atoms with van der Waals surface area (Å²) in [5.41, 5.74) is 4.14. The average molecular weight is 378 g/mol. The summed E-state index contributed by atoms with van der Waals surface area (Å²) in [6.45, 7) is 4.05. The van der Waals surface area contributed by atoms with Crippen LogP contribution in [0.3, 0.4) is 0 Å². The van der Waals surface area contributed by atoms with Crippen LogP contribution in [0.1, 0.15) is 21.5 Å². The maximum atomic E-state index is 12.4. The van der Waals surface area contributed by atoms with Crippen LogP contribution < -0.4 is 20.1 Å². The molecule has 0 unspecified atom stereocenters. The minimum atomic E-state index is -0.315. The molecule has 0 fully saturated rings. The molecular weight excluding hydrogens is 356 g/mol. The zero-order chi connectivity index (χ0) is 20.1. The Bertz CT molecular complexity index is 987. The number of nitrogens with zero attached hydrogens (tertiary/aromatic N) is 2. The Morgan fingerprint density at radius 3 is 2.29 bits per heavy atom. The summed E-state index contributed by atoms with van der Waals surface area (Å²) in [6.07, 6.45) is 2.96. The van der Waals surface area contributed by atoms with Crippen LogP contribution in [0.2, 0.25) is 0 Å². The molecule has 1 heterocycles. The molecule has 0 bridgehead atoms. The molecule has 0 aliphatic heterocycles. The maximum absolute atomic E-state index is 12.4. The van der Waals surface area contributed by atoms with Crippen molar-refractivity contribution >= 4 is 23.2 Å². The first-order valence-corrected chi connectivity index (χ1v) is 8.70. The largest absolute Gasteiger partial charge is 0.493 e. The lowest BCUT2D eigenvalue weighted by Gasteiger charge is -2.11. The van der Waals surface area contributed by atoms with Crippen LogP contribution in [-0.2, 0) is 0 Å². The lowest BCUT2D eigenvalue weighted by atomic mass is 10.1. The Balaban J connectivity index is 1.70. The van der Waals surface area contributed by atoms with E-state index < -0.39 is 0 Å². The Kier molecular flexibility index (Phi) is 5.74. The molecular formula is C21H22N4O3. The molecule has 3 aromatic rings. The number of methoxy groups -OCH3 is 2. The van der Waals surface area contributed by atoms with Crippen molar-refractivity contribution in [1.82, 2.24) is 9.97 Å². The molecule has 7 nitrogen and oxygen atoms in total.